The van der Waals surface area contributed by atoms with Gasteiger partial charge < -0.3 is 14.4 Å². The number of hydrogen-bond acceptors (Lipinski definition) is 4. The lowest BCUT2D eigenvalue weighted by Gasteiger charge is -2.34. The third-order valence-electron chi connectivity index (χ3n) is 5.82. The second-order valence-corrected chi connectivity index (χ2v) is 8.89. The van der Waals surface area contributed by atoms with Crippen molar-refractivity contribution in [3.05, 3.63) is 87.2 Å². The normalized spacial score (nSPS) is 15.2. The van der Waals surface area contributed by atoms with Crippen molar-refractivity contribution in [2.24, 2.45) is 4.99 Å². The van der Waals surface area contributed by atoms with Gasteiger partial charge in [0.05, 0.1) is 0 Å². The molecular formula is C25H28N4O2S. The highest BCUT2D eigenvalue weighted by Crippen LogP contribution is 2.12. The van der Waals surface area contributed by atoms with Gasteiger partial charge in [-0.05, 0) is 43.3 Å². The van der Waals surface area contributed by atoms with Gasteiger partial charge in [-0.15, -0.1) is 11.3 Å². The van der Waals surface area contributed by atoms with Gasteiger partial charge in [0, 0.05) is 55.4 Å². The van der Waals surface area contributed by atoms with Gasteiger partial charge in [0.15, 0.2) is 4.80 Å². The van der Waals surface area contributed by atoms with Crippen molar-refractivity contribution in [3.63, 3.8) is 0 Å². The number of piperazine rings is 1. The Hall–Kier alpha value is -3.03. The summed E-state index contributed by atoms with van der Waals surface area (Å²) in [7, 11) is 0. The molecule has 2 heterocycles. The lowest BCUT2D eigenvalue weighted by molar-refractivity contribution is 0.0643. The smallest absolute Gasteiger partial charge is 0.279 e. The van der Waals surface area contributed by atoms with Gasteiger partial charge >= 0.3 is 0 Å². The number of hydrogen-bond donors (Lipinski definition) is 0. The molecule has 2 amide bonds. The van der Waals surface area contributed by atoms with Crippen molar-refractivity contribution in [1.82, 2.24) is 14.4 Å². The molecule has 0 spiro atoms. The lowest BCUT2D eigenvalue weighted by atomic mass is 10.1. The number of benzene rings is 2. The van der Waals surface area contributed by atoms with E-state index >= 15 is 0 Å². The fourth-order valence-corrected chi connectivity index (χ4v) is 4.48. The Labute approximate surface area is 192 Å². The van der Waals surface area contributed by atoms with E-state index in [1.165, 1.54) is 11.3 Å². The van der Waals surface area contributed by atoms with Crippen LogP contribution >= 0.6 is 11.3 Å². The second-order valence-electron chi connectivity index (χ2n) is 8.02. The van der Waals surface area contributed by atoms with Gasteiger partial charge in [0.2, 0.25) is 0 Å². The molecule has 1 saturated heterocycles. The number of likely N-dealkylation sites (N-methyl/N-ethyl adjacent to an activating group) is 1. The number of rotatable bonds is 5. The molecule has 4 rings (SSSR count). The van der Waals surface area contributed by atoms with Crippen LogP contribution in [0.1, 0.15) is 38.8 Å². The van der Waals surface area contributed by atoms with Crippen LogP contribution in [0.2, 0.25) is 0 Å². The number of amides is 2. The van der Waals surface area contributed by atoms with E-state index in [0.717, 1.165) is 43.9 Å². The first-order valence-corrected chi connectivity index (χ1v) is 11.8. The molecule has 166 valence electrons. The number of aromatic nitrogens is 1. The molecule has 1 aliphatic rings. The average Bonchev–Trinajstić information content (AvgIpc) is 3.26. The maximum atomic E-state index is 12.8. The molecule has 1 aliphatic heterocycles. The summed E-state index contributed by atoms with van der Waals surface area (Å²) in [6, 6.07) is 15.2. The van der Waals surface area contributed by atoms with Crippen molar-refractivity contribution in [2.75, 3.05) is 32.7 Å². The molecule has 0 N–H and O–H groups in total. The van der Waals surface area contributed by atoms with Crippen LogP contribution in [-0.4, -0.2) is 58.9 Å². The Morgan fingerprint density at radius 2 is 1.59 bits per heavy atom. The Kier molecular flexibility index (Phi) is 6.97. The van der Waals surface area contributed by atoms with E-state index in [1.54, 1.807) is 12.1 Å². The summed E-state index contributed by atoms with van der Waals surface area (Å²) in [5.74, 6) is -0.153. The van der Waals surface area contributed by atoms with Crippen LogP contribution < -0.4 is 4.80 Å². The van der Waals surface area contributed by atoms with Crippen LogP contribution in [0, 0.1) is 6.92 Å². The summed E-state index contributed by atoms with van der Waals surface area (Å²) in [5, 5.41) is 1.93. The molecule has 0 radical (unpaired) electrons. The molecule has 32 heavy (non-hydrogen) atoms. The quantitative estimate of drug-likeness (QED) is 0.601. The van der Waals surface area contributed by atoms with Crippen LogP contribution in [-0.2, 0) is 6.54 Å². The second kappa shape index (κ2) is 10.1. The first-order valence-electron chi connectivity index (χ1n) is 10.9. The van der Waals surface area contributed by atoms with Crippen LogP contribution in [0.4, 0.5) is 0 Å². The summed E-state index contributed by atoms with van der Waals surface area (Å²) in [4.78, 5) is 34.6. The Balaban J connectivity index is 1.43. The molecule has 0 unspecified atom stereocenters. The van der Waals surface area contributed by atoms with Gasteiger partial charge in [-0.2, -0.15) is 4.99 Å². The third-order valence-corrected chi connectivity index (χ3v) is 6.61. The van der Waals surface area contributed by atoms with Crippen molar-refractivity contribution in [3.8, 4) is 0 Å². The first-order chi connectivity index (χ1) is 15.5. The Bertz CT molecular complexity index is 1140. The zero-order chi connectivity index (χ0) is 22.5. The van der Waals surface area contributed by atoms with Crippen molar-refractivity contribution < 1.29 is 9.59 Å². The Morgan fingerprint density at radius 3 is 2.25 bits per heavy atom. The average molecular weight is 449 g/mol. The molecule has 1 aromatic heterocycles. The monoisotopic (exact) mass is 448 g/mol. The first kappa shape index (κ1) is 22.2. The minimum atomic E-state index is -0.245. The fourth-order valence-electron chi connectivity index (χ4n) is 3.75. The van der Waals surface area contributed by atoms with Gasteiger partial charge in [0.25, 0.3) is 11.8 Å². The molecular weight excluding hydrogens is 420 g/mol. The topological polar surface area (TPSA) is 57.9 Å². The molecule has 0 bridgehead atoms. The predicted molar refractivity (Wildman–Crippen MR) is 127 cm³/mol. The van der Waals surface area contributed by atoms with Crippen LogP contribution in [0.3, 0.4) is 0 Å². The van der Waals surface area contributed by atoms with Crippen LogP contribution in [0.5, 0.6) is 0 Å². The predicted octanol–water partition coefficient (Wildman–Crippen LogP) is 3.43. The molecule has 1 fully saturated rings. The summed E-state index contributed by atoms with van der Waals surface area (Å²) >= 11 is 1.43. The van der Waals surface area contributed by atoms with Crippen LogP contribution in [0.25, 0.3) is 0 Å². The number of thiazole rings is 1. The highest BCUT2D eigenvalue weighted by atomic mass is 32.1. The molecule has 0 aliphatic carbocycles. The highest BCUT2D eigenvalue weighted by Gasteiger charge is 2.21. The molecule has 2 aromatic carbocycles. The van der Waals surface area contributed by atoms with E-state index < -0.39 is 0 Å². The molecule has 0 saturated carbocycles. The number of carbonyl (C=O) groups is 2. The van der Waals surface area contributed by atoms with E-state index in [4.69, 9.17) is 0 Å². The van der Waals surface area contributed by atoms with E-state index in [2.05, 4.69) is 16.8 Å². The molecule has 3 aromatic rings. The van der Waals surface area contributed by atoms with Crippen molar-refractivity contribution in [2.45, 2.75) is 20.4 Å². The van der Waals surface area contributed by atoms with Crippen LogP contribution in [0.15, 0.2) is 65.1 Å². The van der Waals surface area contributed by atoms with Gasteiger partial charge in [-0.3, -0.25) is 9.59 Å². The zero-order valence-corrected chi connectivity index (χ0v) is 19.3. The zero-order valence-electron chi connectivity index (χ0n) is 18.5. The number of nitrogens with zero attached hydrogens (tertiary/aromatic N) is 4. The SMILES string of the molecule is CCN1CCN(C(=O)c2ccc(Cn3ccsc3=NC(=O)c3ccc(C)cc3)cc2)CC1. The van der Waals surface area contributed by atoms with E-state index in [9.17, 15) is 9.59 Å². The van der Waals surface area contributed by atoms with Crippen molar-refractivity contribution >= 4 is 23.2 Å². The van der Waals surface area contributed by atoms with Gasteiger partial charge in [-0.1, -0.05) is 36.8 Å². The largest absolute Gasteiger partial charge is 0.336 e. The lowest BCUT2D eigenvalue weighted by Crippen LogP contribution is -2.48. The number of aryl methyl sites for hydroxylation is 1. The fraction of sp³-hybridized carbons (Fsp3) is 0.320. The molecule has 0 atom stereocenters. The van der Waals surface area contributed by atoms with E-state index in [-0.39, 0.29) is 11.8 Å². The molecule has 7 heteroatoms. The molecule has 6 nitrogen and oxygen atoms in total. The van der Waals surface area contributed by atoms with Gasteiger partial charge in [0.1, 0.15) is 0 Å². The minimum Gasteiger partial charge on any atom is -0.336 e. The summed E-state index contributed by atoms with van der Waals surface area (Å²) in [6.45, 7) is 9.18. The Morgan fingerprint density at radius 1 is 0.938 bits per heavy atom. The summed E-state index contributed by atoms with van der Waals surface area (Å²) in [5.41, 5.74) is 3.46. The van der Waals surface area contributed by atoms with E-state index in [0.29, 0.717) is 22.5 Å². The van der Waals surface area contributed by atoms with E-state index in [1.807, 2.05) is 64.4 Å². The minimum absolute atomic E-state index is 0.0925. The maximum absolute atomic E-state index is 12.8. The van der Waals surface area contributed by atoms with Gasteiger partial charge in [-0.25, -0.2) is 0 Å². The standard InChI is InChI=1S/C25H28N4O2S/c1-3-27-12-14-28(15-13-27)24(31)22-10-6-20(7-11-22)18-29-16-17-32-25(29)26-23(30)21-8-4-19(2)5-9-21/h4-11,16-17H,3,12-15,18H2,1-2H3. The maximum Gasteiger partial charge on any atom is 0.279 e. The highest BCUT2D eigenvalue weighted by molar-refractivity contribution is 7.07. The summed E-state index contributed by atoms with van der Waals surface area (Å²) in [6.07, 6.45) is 1.93. The third kappa shape index (κ3) is 5.23. The number of carbonyl (C=O) groups excluding carboxylic acids is 2. The van der Waals surface area contributed by atoms with Crippen molar-refractivity contribution in [1.29, 1.82) is 0 Å². The summed E-state index contributed by atoms with van der Waals surface area (Å²) < 4.78 is 1.96.